The molecule has 242 valence electrons. The second kappa shape index (κ2) is 11.2. The van der Waals surface area contributed by atoms with Crippen LogP contribution in [0.2, 0.25) is 0 Å². The van der Waals surface area contributed by atoms with Gasteiger partial charge in [-0.15, -0.1) is 0 Å². The fourth-order valence-electron chi connectivity index (χ4n) is 8.01. The number of hydrogen-bond donors (Lipinski definition) is 0. The third-order valence-corrected chi connectivity index (χ3v) is 10.4. The topological polar surface area (TPSA) is 61.4 Å². The molecule has 52 heavy (non-hydrogen) atoms. The molecule has 6 nitrogen and oxygen atoms in total. The van der Waals surface area contributed by atoms with E-state index in [9.17, 15) is 0 Å². The lowest BCUT2D eigenvalue weighted by Gasteiger charge is -2.11. The zero-order valence-corrected chi connectivity index (χ0v) is 27.8. The first kappa shape index (κ1) is 28.6. The number of fused-ring (bicyclic) bond motifs is 9. The Labute approximate surface area is 297 Å². The molecule has 0 bridgehead atoms. The van der Waals surface area contributed by atoms with Crippen molar-refractivity contribution in [2.24, 2.45) is 0 Å². The van der Waals surface area contributed by atoms with Gasteiger partial charge >= 0.3 is 0 Å². The van der Waals surface area contributed by atoms with E-state index in [1.807, 2.05) is 12.4 Å². The maximum Gasteiger partial charge on any atom is 0.116 e. The second-order valence-electron chi connectivity index (χ2n) is 13.2. The molecular weight excluding hydrogens is 637 g/mol. The van der Waals surface area contributed by atoms with Crippen molar-refractivity contribution in [3.63, 3.8) is 0 Å². The van der Waals surface area contributed by atoms with Gasteiger partial charge in [-0.3, -0.25) is 0 Å². The Morgan fingerprint density at radius 1 is 0.365 bits per heavy atom. The van der Waals surface area contributed by atoms with E-state index in [1.165, 1.54) is 43.6 Å². The van der Waals surface area contributed by atoms with Gasteiger partial charge in [-0.25, -0.2) is 19.9 Å². The second-order valence-corrected chi connectivity index (χ2v) is 13.2. The summed E-state index contributed by atoms with van der Waals surface area (Å²) in [6.07, 6.45) is 6.92. The van der Waals surface area contributed by atoms with E-state index in [4.69, 9.17) is 0 Å². The van der Waals surface area contributed by atoms with Crippen molar-refractivity contribution in [1.82, 2.24) is 29.1 Å². The van der Waals surface area contributed by atoms with E-state index in [0.717, 1.165) is 55.4 Å². The molecule has 0 aliphatic heterocycles. The summed E-state index contributed by atoms with van der Waals surface area (Å²) >= 11 is 0. The van der Waals surface area contributed by atoms with Gasteiger partial charge in [0.15, 0.2) is 0 Å². The van der Waals surface area contributed by atoms with Crippen LogP contribution in [0.3, 0.4) is 0 Å². The Morgan fingerprint density at radius 2 is 0.788 bits per heavy atom. The van der Waals surface area contributed by atoms with Crippen LogP contribution >= 0.6 is 0 Å². The molecule has 11 rings (SSSR count). The highest BCUT2D eigenvalue weighted by Gasteiger charge is 2.20. The zero-order chi connectivity index (χ0) is 34.2. The first-order valence-corrected chi connectivity index (χ1v) is 17.3. The van der Waals surface area contributed by atoms with E-state index in [2.05, 4.69) is 175 Å². The van der Waals surface area contributed by atoms with Gasteiger partial charge in [0, 0.05) is 56.1 Å². The van der Waals surface area contributed by atoms with Crippen LogP contribution in [0.1, 0.15) is 0 Å². The molecule has 11 aromatic rings. The Morgan fingerprint density at radius 3 is 1.25 bits per heavy atom. The van der Waals surface area contributed by atoms with Crippen molar-refractivity contribution in [3.8, 4) is 33.6 Å². The molecule has 0 amide bonds. The summed E-state index contributed by atoms with van der Waals surface area (Å²) in [5.74, 6) is 0. The van der Waals surface area contributed by atoms with Crippen molar-refractivity contribution >= 4 is 65.4 Å². The minimum absolute atomic E-state index is 0.947. The third-order valence-electron chi connectivity index (χ3n) is 10.4. The lowest BCUT2D eigenvalue weighted by Crippen LogP contribution is -1.95. The predicted molar refractivity (Wildman–Crippen MR) is 212 cm³/mol. The summed E-state index contributed by atoms with van der Waals surface area (Å²) in [6, 6.07) is 52.5. The molecule has 0 atom stereocenters. The summed E-state index contributed by atoms with van der Waals surface area (Å²) in [7, 11) is 0. The average Bonchev–Trinajstić information content (AvgIpc) is 3.73. The Balaban J connectivity index is 1.07. The largest absolute Gasteiger partial charge is 0.309 e. The molecule has 0 aliphatic rings. The van der Waals surface area contributed by atoms with E-state index < -0.39 is 0 Å². The predicted octanol–water partition coefficient (Wildman–Crippen LogP) is 11.1. The summed E-state index contributed by atoms with van der Waals surface area (Å²) < 4.78 is 4.80. The molecule has 0 radical (unpaired) electrons. The van der Waals surface area contributed by atoms with Crippen molar-refractivity contribution in [1.29, 1.82) is 0 Å². The SMILES string of the molecule is c1ccc2c(c1)c1c3c4ccccc4n(-c4ccc(-c5ccc6ncncc6c5)cc4)c3ccc1n2-c1ccc(-c2ccc3ncncc3c2)cc1. The average molecular weight is 665 g/mol. The van der Waals surface area contributed by atoms with E-state index in [0.29, 0.717) is 0 Å². The Bertz CT molecular complexity index is 2960. The van der Waals surface area contributed by atoms with Gasteiger partial charge in [0.1, 0.15) is 12.7 Å². The number of para-hydroxylation sites is 2. The highest BCUT2D eigenvalue weighted by molar-refractivity contribution is 6.28. The summed E-state index contributed by atoms with van der Waals surface area (Å²) in [4.78, 5) is 17.2. The van der Waals surface area contributed by atoms with Crippen LogP contribution in [0.25, 0.3) is 99.0 Å². The van der Waals surface area contributed by atoms with Gasteiger partial charge in [-0.2, -0.15) is 0 Å². The minimum atomic E-state index is 0.947. The first-order chi connectivity index (χ1) is 25.8. The molecule has 4 aromatic heterocycles. The highest BCUT2D eigenvalue weighted by atomic mass is 15.0. The van der Waals surface area contributed by atoms with Crippen LogP contribution in [-0.2, 0) is 0 Å². The van der Waals surface area contributed by atoms with Gasteiger partial charge < -0.3 is 9.13 Å². The van der Waals surface area contributed by atoms with Crippen LogP contribution in [0, 0.1) is 0 Å². The number of nitrogens with zero attached hydrogens (tertiary/aromatic N) is 6. The molecule has 0 fully saturated rings. The fourth-order valence-corrected chi connectivity index (χ4v) is 8.01. The Kier molecular flexibility index (Phi) is 6.15. The van der Waals surface area contributed by atoms with Crippen LogP contribution in [0.5, 0.6) is 0 Å². The summed E-state index contributed by atoms with van der Waals surface area (Å²) in [5.41, 5.74) is 13.5. The maximum atomic E-state index is 4.38. The van der Waals surface area contributed by atoms with Gasteiger partial charge in [-0.1, -0.05) is 72.8 Å². The lowest BCUT2D eigenvalue weighted by atomic mass is 10.0. The lowest BCUT2D eigenvalue weighted by molar-refractivity contribution is 1.17. The van der Waals surface area contributed by atoms with Crippen LogP contribution in [0.4, 0.5) is 0 Å². The molecule has 0 aliphatic carbocycles. The van der Waals surface area contributed by atoms with E-state index >= 15 is 0 Å². The Hall–Kier alpha value is -7.18. The smallest absolute Gasteiger partial charge is 0.116 e. The molecule has 0 spiro atoms. The van der Waals surface area contributed by atoms with Crippen molar-refractivity contribution in [2.45, 2.75) is 0 Å². The van der Waals surface area contributed by atoms with Gasteiger partial charge in [0.2, 0.25) is 0 Å². The molecule has 4 heterocycles. The molecule has 0 N–H and O–H groups in total. The molecule has 6 heteroatoms. The van der Waals surface area contributed by atoms with Gasteiger partial charge in [-0.05, 0) is 95.1 Å². The van der Waals surface area contributed by atoms with E-state index in [1.54, 1.807) is 12.7 Å². The highest BCUT2D eigenvalue weighted by Crippen LogP contribution is 2.42. The minimum Gasteiger partial charge on any atom is -0.309 e. The molecule has 0 unspecified atom stereocenters. The van der Waals surface area contributed by atoms with Crippen molar-refractivity contribution in [3.05, 3.63) is 171 Å². The molecule has 0 saturated carbocycles. The maximum absolute atomic E-state index is 4.38. The fraction of sp³-hybridized carbons (Fsp3) is 0. The number of aromatic nitrogens is 6. The third kappa shape index (κ3) is 4.31. The molecule has 0 saturated heterocycles. The normalized spacial score (nSPS) is 11.8. The number of benzene rings is 7. The standard InChI is InChI=1S/C46H28N6/c1-3-7-41-37(5-1)45-43(51(41)35-15-9-29(10-16-35)31-13-19-39-33(23-31)25-47-27-49-39)21-22-44-46(45)38-6-2-4-8-42(38)52(44)36-17-11-30(12-18-36)32-14-20-40-34(24-32)26-48-28-50-40/h1-28H. The number of rotatable bonds is 4. The van der Waals surface area contributed by atoms with Crippen LogP contribution in [0.15, 0.2) is 171 Å². The quantitative estimate of drug-likeness (QED) is 0.188. The monoisotopic (exact) mass is 664 g/mol. The van der Waals surface area contributed by atoms with Crippen molar-refractivity contribution < 1.29 is 0 Å². The van der Waals surface area contributed by atoms with Gasteiger partial charge in [0.25, 0.3) is 0 Å². The van der Waals surface area contributed by atoms with E-state index in [-0.39, 0.29) is 0 Å². The van der Waals surface area contributed by atoms with Crippen LogP contribution < -0.4 is 0 Å². The van der Waals surface area contributed by atoms with Crippen LogP contribution in [-0.4, -0.2) is 29.1 Å². The number of hydrogen-bond acceptors (Lipinski definition) is 4. The summed E-state index contributed by atoms with van der Waals surface area (Å²) in [6.45, 7) is 0. The first-order valence-electron chi connectivity index (χ1n) is 17.3. The zero-order valence-electron chi connectivity index (χ0n) is 27.8. The molecule has 7 aromatic carbocycles. The van der Waals surface area contributed by atoms with Crippen molar-refractivity contribution in [2.75, 3.05) is 0 Å². The molecular formula is C46H28N6. The van der Waals surface area contributed by atoms with Gasteiger partial charge in [0.05, 0.1) is 33.1 Å². The summed E-state index contributed by atoms with van der Waals surface area (Å²) in [5, 5.41) is 7.06.